The SMILES string of the molecule is C=C([C@@H]1CN(C(=O)c2cc(C)cc(C#N)c2)CC[C@H]1C)n1ncnc1/N=C(\C)C(F)F. The van der Waals surface area contributed by atoms with Gasteiger partial charge < -0.3 is 4.90 Å². The summed E-state index contributed by atoms with van der Waals surface area (Å²) in [6, 6.07) is 7.17. The highest BCUT2D eigenvalue weighted by Gasteiger charge is 2.33. The van der Waals surface area contributed by atoms with E-state index in [0.29, 0.717) is 29.9 Å². The van der Waals surface area contributed by atoms with Crippen LogP contribution in [0, 0.1) is 30.1 Å². The Morgan fingerprint density at radius 1 is 1.39 bits per heavy atom. The normalized spacial score (nSPS) is 19.4. The topological polar surface area (TPSA) is 87.2 Å². The average molecular weight is 426 g/mol. The molecule has 0 radical (unpaired) electrons. The molecule has 0 spiro atoms. The van der Waals surface area contributed by atoms with Gasteiger partial charge in [0.1, 0.15) is 6.33 Å². The molecule has 1 aromatic carbocycles. The molecule has 9 heteroatoms. The summed E-state index contributed by atoms with van der Waals surface area (Å²) in [5.41, 5.74) is 1.94. The summed E-state index contributed by atoms with van der Waals surface area (Å²) in [5, 5.41) is 13.3. The molecule has 2 aromatic rings. The second kappa shape index (κ2) is 9.16. The van der Waals surface area contributed by atoms with Crippen molar-refractivity contribution in [3.63, 3.8) is 0 Å². The number of hydrogen-bond donors (Lipinski definition) is 0. The molecule has 2 heterocycles. The van der Waals surface area contributed by atoms with Crippen LogP contribution in [-0.4, -0.2) is 50.8 Å². The summed E-state index contributed by atoms with van der Waals surface area (Å²) < 4.78 is 27.1. The van der Waals surface area contributed by atoms with Crippen molar-refractivity contribution >= 4 is 23.3 Å². The highest BCUT2D eigenvalue weighted by atomic mass is 19.3. The van der Waals surface area contributed by atoms with Crippen molar-refractivity contribution in [2.24, 2.45) is 16.8 Å². The van der Waals surface area contributed by atoms with Crippen molar-refractivity contribution in [3.8, 4) is 6.07 Å². The monoisotopic (exact) mass is 426 g/mol. The number of hydrogen-bond acceptors (Lipinski definition) is 5. The smallest absolute Gasteiger partial charge is 0.276 e. The first-order valence-electron chi connectivity index (χ1n) is 9.94. The zero-order valence-corrected chi connectivity index (χ0v) is 17.7. The van der Waals surface area contributed by atoms with Gasteiger partial charge in [-0.3, -0.25) is 4.79 Å². The van der Waals surface area contributed by atoms with Crippen molar-refractivity contribution in [1.29, 1.82) is 5.26 Å². The lowest BCUT2D eigenvalue weighted by Gasteiger charge is -2.38. The van der Waals surface area contributed by atoms with Gasteiger partial charge in [-0.25, -0.2) is 18.5 Å². The second-order valence-corrected chi connectivity index (χ2v) is 7.84. The molecule has 1 aliphatic heterocycles. The van der Waals surface area contributed by atoms with Crippen molar-refractivity contribution in [2.45, 2.75) is 33.6 Å². The minimum atomic E-state index is -2.69. The molecule has 31 heavy (non-hydrogen) atoms. The zero-order chi connectivity index (χ0) is 22.7. The Bertz CT molecular complexity index is 1070. The number of aromatic nitrogens is 3. The first-order chi connectivity index (χ1) is 14.7. The van der Waals surface area contributed by atoms with E-state index in [1.807, 2.05) is 6.92 Å². The van der Waals surface area contributed by atoms with Gasteiger partial charge in [-0.15, -0.1) is 0 Å². The van der Waals surface area contributed by atoms with Crippen LogP contribution in [0.15, 0.2) is 36.1 Å². The molecule has 3 rings (SSSR count). The summed E-state index contributed by atoms with van der Waals surface area (Å²) in [6.45, 7) is 10.2. The minimum Gasteiger partial charge on any atom is -0.338 e. The molecule has 1 saturated heterocycles. The predicted molar refractivity (Wildman–Crippen MR) is 113 cm³/mol. The number of aryl methyl sites for hydroxylation is 1. The molecule has 1 amide bonds. The van der Waals surface area contributed by atoms with E-state index in [0.717, 1.165) is 12.0 Å². The molecule has 0 aliphatic carbocycles. The zero-order valence-electron chi connectivity index (χ0n) is 17.7. The lowest BCUT2D eigenvalue weighted by molar-refractivity contribution is 0.0653. The van der Waals surface area contributed by atoms with Gasteiger partial charge in [0, 0.05) is 30.3 Å². The molecule has 1 aliphatic rings. The Balaban J connectivity index is 1.84. The minimum absolute atomic E-state index is 0.0378. The van der Waals surface area contributed by atoms with E-state index >= 15 is 0 Å². The van der Waals surface area contributed by atoms with Gasteiger partial charge in [-0.05, 0) is 49.9 Å². The fourth-order valence-electron chi connectivity index (χ4n) is 3.72. The summed E-state index contributed by atoms with van der Waals surface area (Å²) in [7, 11) is 0. The lowest BCUT2D eigenvalue weighted by atomic mass is 9.84. The van der Waals surface area contributed by atoms with Crippen LogP contribution in [-0.2, 0) is 0 Å². The average Bonchev–Trinajstić information content (AvgIpc) is 3.20. The Hall–Kier alpha value is -3.41. The predicted octanol–water partition coefficient (Wildman–Crippen LogP) is 4.08. The van der Waals surface area contributed by atoms with Crippen LogP contribution in [0.4, 0.5) is 14.7 Å². The molecular formula is C22H24F2N6O. The van der Waals surface area contributed by atoms with Gasteiger partial charge >= 0.3 is 0 Å². The van der Waals surface area contributed by atoms with Crippen LogP contribution < -0.4 is 0 Å². The second-order valence-electron chi connectivity index (χ2n) is 7.84. The number of benzene rings is 1. The molecule has 0 bridgehead atoms. The number of carbonyl (C=O) groups is 1. The number of halogens is 2. The fourth-order valence-corrected chi connectivity index (χ4v) is 3.72. The number of amides is 1. The number of aliphatic imine (C=N–C) groups is 1. The number of likely N-dealkylation sites (tertiary alicyclic amines) is 1. The number of piperidine rings is 1. The highest BCUT2D eigenvalue weighted by molar-refractivity contribution is 5.95. The van der Waals surface area contributed by atoms with E-state index in [2.05, 4.69) is 34.6 Å². The summed E-state index contributed by atoms with van der Waals surface area (Å²) in [5.74, 6) is -0.0764. The summed E-state index contributed by atoms with van der Waals surface area (Å²) in [6.07, 6.45) is -0.696. The maximum atomic E-state index is 13.1. The van der Waals surface area contributed by atoms with E-state index in [1.54, 1.807) is 23.1 Å². The molecule has 0 saturated carbocycles. The molecule has 0 N–H and O–H groups in total. The summed E-state index contributed by atoms with van der Waals surface area (Å²) in [4.78, 5) is 22.7. The van der Waals surface area contributed by atoms with E-state index in [4.69, 9.17) is 0 Å². The van der Waals surface area contributed by atoms with Crippen LogP contribution in [0.25, 0.3) is 5.70 Å². The number of rotatable bonds is 5. The first-order valence-corrected chi connectivity index (χ1v) is 9.94. The fraction of sp³-hybridized carbons (Fsp3) is 0.409. The van der Waals surface area contributed by atoms with Crippen molar-refractivity contribution in [2.75, 3.05) is 13.1 Å². The van der Waals surface area contributed by atoms with Crippen molar-refractivity contribution in [1.82, 2.24) is 19.7 Å². The molecular weight excluding hydrogens is 402 g/mol. The van der Waals surface area contributed by atoms with Gasteiger partial charge in [0.2, 0.25) is 0 Å². The van der Waals surface area contributed by atoms with Crippen LogP contribution >= 0.6 is 0 Å². The highest BCUT2D eigenvalue weighted by Crippen LogP contribution is 2.33. The van der Waals surface area contributed by atoms with E-state index in [1.165, 1.54) is 17.9 Å². The molecule has 7 nitrogen and oxygen atoms in total. The lowest BCUT2D eigenvalue weighted by Crippen LogP contribution is -2.44. The van der Waals surface area contributed by atoms with E-state index in [-0.39, 0.29) is 29.4 Å². The van der Waals surface area contributed by atoms with Gasteiger partial charge in [0.05, 0.1) is 17.3 Å². The molecule has 162 valence electrons. The Kier molecular flexibility index (Phi) is 6.59. The third-order valence-electron chi connectivity index (χ3n) is 5.52. The van der Waals surface area contributed by atoms with E-state index in [9.17, 15) is 18.8 Å². The number of alkyl halides is 2. The summed E-state index contributed by atoms with van der Waals surface area (Å²) >= 11 is 0. The standard InChI is InChI=1S/C22H24F2N6O/c1-13-7-17(10-25)9-18(8-13)21(31)29-6-5-14(2)19(11-29)16(4)30-22(26-12-27-30)28-15(3)20(23)24/h7-9,12,14,19-20H,4-6,11H2,1-3H3/b28-15+/t14-,19-/m1/s1. The quantitative estimate of drug-likeness (QED) is 0.674. The molecule has 1 aromatic heterocycles. The van der Waals surface area contributed by atoms with Crippen LogP contribution in [0.1, 0.15) is 41.8 Å². The maximum Gasteiger partial charge on any atom is 0.276 e. The van der Waals surface area contributed by atoms with Crippen molar-refractivity contribution < 1.29 is 13.6 Å². The molecule has 1 fully saturated rings. The molecule has 0 unspecified atom stereocenters. The van der Waals surface area contributed by atoms with Gasteiger partial charge in [-0.1, -0.05) is 13.5 Å². The maximum absolute atomic E-state index is 13.1. The van der Waals surface area contributed by atoms with Gasteiger partial charge in [0.15, 0.2) is 0 Å². The Morgan fingerprint density at radius 3 is 2.81 bits per heavy atom. The number of nitriles is 1. The number of carbonyl (C=O) groups excluding carboxylic acids is 1. The third-order valence-corrected chi connectivity index (χ3v) is 5.52. The Morgan fingerprint density at radius 2 is 2.13 bits per heavy atom. The molecule has 2 atom stereocenters. The van der Waals surface area contributed by atoms with Crippen LogP contribution in [0.5, 0.6) is 0 Å². The van der Waals surface area contributed by atoms with Gasteiger partial charge in [0.25, 0.3) is 18.3 Å². The van der Waals surface area contributed by atoms with Gasteiger partial charge in [-0.2, -0.15) is 15.3 Å². The van der Waals surface area contributed by atoms with Crippen molar-refractivity contribution in [3.05, 3.63) is 47.8 Å². The first kappa shape index (κ1) is 22.3. The van der Waals surface area contributed by atoms with Crippen LogP contribution in [0.2, 0.25) is 0 Å². The van der Waals surface area contributed by atoms with Crippen LogP contribution in [0.3, 0.4) is 0 Å². The number of nitrogens with zero attached hydrogens (tertiary/aromatic N) is 6. The third kappa shape index (κ3) is 4.85. The Labute approximate surface area is 179 Å². The largest absolute Gasteiger partial charge is 0.338 e. The van der Waals surface area contributed by atoms with E-state index < -0.39 is 6.43 Å².